The molecule has 12 heteroatoms. The lowest BCUT2D eigenvalue weighted by Gasteiger charge is -2.13. The second-order valence-electron chi connectivity index (χ2n) is 7.09. The highest BCUT2D eigenvalue weighted by Gasteiger charge is 2.41. The Morgan fingerprint density at radius 2 is 1.97 bits per heavy atom. The number of carbonyl (C=O) groups excluding carboxylic acids is 2. The summed E-state index contributed by atoms with van der Waals surface area (Å²) in [5, 5.41) is 9.19. The first kappa shape index (κ1) is 23.2. The van der Waals surface area contributed by atoms with E-state index in [4.69, 9.17) is 4.74 Å². The molecular weight excluding hydrogens is 471 g/mol. The Hall–Kier alpha value is -3.93. The Kier molecular flexibility index (Phi) is 6.24. The zero-order valence-corrected chi connectivity index (χ0v) is 18.8. The third kappa shape index (κ3) is 4.71. The summed E-state index contributed by atoms with van der Waals surface area (Å²) in [5.74, 6) is -1.53. The average Bonchev–Trinajstić information content (AvgIpc) is 3.53. The van der Waals surface area contributed by atoms with Crippen molar-refractivity contribution in [3.63, 3.8) is 0 Å². The molecule has 4 aromatic rings. The van der Waals surface area contributed by atoms with Crippen LogP contribution in [0.5, 0.6) is 0 Å². The number of anilines is 1. The fourth-order valence-corrected chi connectivity index (χ4v) is 3.85. The van der Waals surface area contributed by atoms with E-state index in [1.54, 1.807) is 12.3 Å². The minimum Gasteiger partial charge on any atom is -0.462 e. The smallest absolute Gasteiger partial charge is 0.434 e. The molecular formula is C22H18F3N5O3S. The number of nitrogens with one attached hydrogen (secondary N) is 2. The van der Waals surface area contributed by atoms with E-state index in [2.05, 4.69) is 20.4 Å². The summed E-state index contributed by atoms with van der Waals surface area (Å²) in [4.78, 5) is 31.8. The average molecular weight is 489 g/mol. The number of rotatable bonds is 6. The second-order valence-corrected chi connectivity index (χ2v) is 8.15. The Bertz CT molecular complexity index is 1340. The normalized spacial score (nSPS) is 11.4. The molecule has 0 aliphatic rings. The lowest BCUT2D eigenvalue weighted by molar-refractivity contribution is -0.143. The number of hydrogen-bond donors (Lipinski definition) is 2. The molecule has 176 valence electrons. The van der Waals surface area contributed by atoms with Gasteiger partial charge < -0.3 is 15.0 Å². The molecule has 2 N–H and O–H groups in total. The van der Waals surface area contributed by atoms with E-state index in [1.807, 2.05) is 12.3 Å². The summed E-state index contributed by atoms with van der Waals surface area (Å²) >= 11 is 1.50. The van der Waals surface area contributed by atoms with Gasteiger partial charge in [-0.3, -0.25) is 4.79 Å². The van der Waals surface area contributed by atoms with Crippen LogP contribution in [0.4, 0.5) is 18.9 Å². The molecule has 3 heterocycles. The van der Waals surface area contributed by atoms with Crippen LogP contribution in [0.1, 0.15) is 38.5 Å². The first-order chi connectivity index (χ1) is 16.2. The summed E-state index contributed by atoms with van der Waals surface area (Å²) in [6.07, 6.45) is -2.35. The number of aromatic nitrogens is 4. The zero-order valence-electron chi connectivity index (χ0n) is 17.9. The van der Waals surface area contributed by atoms with E-state index >= 15 is 0 Å². The van der Waals surface area contributed by atoms with Gasteiger partial charge in [0.15, 0.2) is 5.69 Å². The second kappa shape index (κ2) is 9.14. The highest BCUT2D eigenvalue weighted by Crippen LogP contribution is 2.34. The monoisotopic (exact) mass is 489 g/mol. The molecule has 0 radical (unpaired) electrons. The van der Waals surface area contributed by atoms with Gasteiger partial charge in [-0.15, -0.1) is 11.3 Å². The molecule has 0 spiro atoms. The lowest BCUT2D eigenvalue weighted by atomic mass is 10.2. The number of alkyl halides is 3. The van der Waals surface area contributed by atoms with Crippen LogP contribution in [0.2, 0.25) is 0 Å². The Morgan fingerprint density at radius 1 is 1.24 bits per heavy atom. The van der Waals surface area contributed by atoms with Gasteiger partial charge in [-0.2, -0.15) is 18.3 Å². The number of amides is 1. The van der Waals surface area contributed by atoms with Gasteiger partial charge in [0.1, 0.15) is 11.3 Å². The molecule has 0 aliphatic carbocycles. The summed E-state index contributed by atoms with van der Waals surface area (Å²) in [6.45, 7) is 3.31. The van der Waals surface area contributed by atoms with Gasteiger partial charge in [0, 0.05) is 22.8 Å². The van der Waals surface area contributed by atoms with Crippen molar-refractivity contribution in [3.8, 4) is 16.9 Å². The Labute approximate surface area is 195 Å². The molecule has 3 aromatic heterocycles. The molecule has 0 unspecified atom stereocenters. The van der Waals surface area contributed by atoms with Crippen LogP contribution < -0.4 is 5.32 Å². The number of thiazole rings is 1. The molecule has 0 aliphatic heterocycles. The summed E-state index contributed by atoms with van der Waals surface area (Å²) in [7, 11) is 0. The molecule has 0 saturated heterocycles. The van der Waals surface area contributed by atoms with Gasteiger partial charge in [0.2, 0.25) is 0 Å². The minimum absolute atomic E-state index is 0.0573. The minimum atomic E-state index is -4.84. The van der Waals surface area contributed by atoms with Crippen LogP contribution in [-0.2, 0) is 10.9 Å². The van der Waals surface area contributed by atoms with Crippen LogP contribution in [0.25, 0.3) is 16.9 Å². The number of hydrogen-bond acceptors (Lipinski definition) is 6. The van der Waals surface area contributed by atoms with E-state index in [9.17, 15) is 22.8 Å². The fourth-order valence-electron chi connectivity index (χ4n) is 3.23. The lowest BCUT2D eigenvalue weighted by Crippen LogP contribution is -2.18. The molecule has 34 heavy (non-hydrogen) atoms. The van der Waals surface area contributed by atoms with Crippen LogP contribution in [0, 0.1) is 6.92 Å². The molecule has 0 bridgehead atoms. The van der Waals surface area contributed by atoms with E-state index in [0.717, 1.165) is 22.5 Å². The number of carbonyl (C=O) groups is 2. The number of nitrogens with zero attached hydrogens (tertiary/aromatic N) is 3. The maximum absolute atomic E-state index is 13.7. The van der Waals surface area contributed by atoms with Gasteiger partial charge in [-0.25, -0.2) is 14.5 Å². The van der Waals surface area contributed by atoms with Gasteiger partial charge in [0.25, 0.3) is 5.91 Å². The first-order valence-electron chi connectivity index (χ1n) is 10.0. The number of halogens is 3. The summed E-state index contributed by atoms with van der Waals surface area (Å²) in [6, 6.07) is 7.24. The van der Waals surface area contributed by atoms with Gasteiger partial charge in [0.05, 0.1) is 29.2 Å². The third-order valence-corrected chi connectivity index (χ3v) is 5.52. The maximum Gasteiger partial charge on any atom is 0.434 e. The Morgan fingerprint density at radius 3 is 2.59 bits per heavy atom. The van der Waals surface area contributed by atoms with Crippen molar-refractivity contribution in [2.45, 2.75) is 20.0 Å². The number of ether oxygens (including phenoxy) is 1. The van der Waals surface area contributed by atoms with E-state index in [-0.39, 0.29) is 12.3 Å². The molecule has 1 aromatic carbocycles. The van der Waals surface area contributed by atoms with E-state index in [0.29, 0.717) is 16.1 Å². The van der Waals surface area contributed by atoms with Gasteiger partial charge in [-0.1, -0.05) is 0 Å². The molecule has 8 nitrogen and oxygen atoms in total. The fraction of sp³-hybridized carbons (Fsp3) is 0.182. The standard InChI is InChI=1S/C22H18F3N5O3S/c1-3-33-21(32)16-10-27-30(19(16)22(23,24)25)15-6-4-14(5-7-15)29-20(31)17-8-13(9-26-17)18-11-34-12(2)28-18/h4-11,26H,3H2,1-2H3,(H,29,31). The molecule has 0 fully saturated rings. The van der Waals surface area contributed by atoms with Crippen molar-refractivity contribution in [2.75, 3.05) is 11.9 Å². The SMILES string of the molecule is CCOC(=O)c1cnn(-c2ccc(NC(=O)c3cc(-c4csc(C)n4)c[nH]3)cc2)c1C(F)(F)F. The Balaban J connectivity index is 1.53. The quantitative estimate of drug-likeness (QED) is 0.368. The van der Waals surface area contributed by atoms with Gasteiger partial charge >= 0.3 is 12.1 Å². The van der Waals surface area contributed by atoms with Crippen molar-refractivity contribution < 1.29 is 27.5 Å². The number of H-pyrrole nitrogens is 1. The zero-order chi connectivity index (χ0) is 24.5. The number of aryl methyl sites for hydroxylation is 1. The van der Waals surface area contributed by atoms with Crippen LogP contribution >= 0.6 is 11.3 Å². The van der Waals surface area contributed by atoms with Gasteiger partial charge in [-0.05, 0) is 44.2 Å². The number of benzene rings is 1. The highest BCUT2D eigenvalue weighted by atomic mass is 32.1. The van der Waals surface area contributed by atoms with Crippen molar-refractivity contribution >= 4 is 28.9 Å². The maximum atomic E-state index is 13.7. The van der Waals surface area contributed by atoms with E-state index < -0.39 is 29.3 Å². The predicted molar refractivity (Wildman–Crippen MR) is 119 cm³/mol. The first-order valence-corrected chi connectivity index (χ1v) is 10.9. The van der Waals surface area contributed by atoms with Crippen LogP contribution in [0.15, 0.2) is 48.1 Å². The van der Waals surface area contributed by atoms with Crippen molar-refractivity contribution in [3.05, 3.63) is 70.1 Å². The number of aromatic amines is 1. The van der Waals surface area contributed by atoms with Crippen molar-refractivity contribution in [1.29, 1.82) is 0 Å². The topological polar surface area (TPSA) is 102 Å². The van der Waals surface area contributed by atoms with Crippen LogP contribution in [0.3, 0.4) is 0 Å². The summed E-state index contributed by atoms with van der Waals surface area (Å²) in [5.41, 5.74) is 0.325. The molecule has 1 amide bonds. The molecule has 4 rings (SSSR count). The highest BCUT2D eigenvalue weighted by molar-refractivity contribution is 7.09. The van der Waals surface area contributed by atoms with Crippen LogP contribution in [-0.4, -0.2) is 38.2 Å². The largest absolute Gasteiger partial charge is 0.462 e. The molecule has 0 saturated carbocycles. The summed E-state index contributed by atoms with van der Waals surface area (Å²) < 4.78 is 46.3. The number of esters is 1. The van der Waals surface area contributed by atoms with E-state index in [1.165, 1.54) is 42.5 Å². The predicted octanol–water partition coefficient (Wildman–Crippen LogP) is 5.08. The molecule has 0 atom stereocenters. The van der Waals surface area contributed by atoms with Crippen molar-refractivity contribution in [2.24, 2.45) is 0 Å². The van der Waals surface area contributed by atoms with Crippen molar-refractivity contribution in [1.82, 2.24) is 19.7 Å². The third-order valence-electron chi connectivity index (χ3n) is 4.75.